The van der Waals surface area contributed by atoms with Crippen molar-refractivity contribution in [3.63, 3.8) is 0 Å². The first-order valence-corrected chi connectivity index (χ1v) is 7.30. The lowest BCUT2D eigenvalue weighted by Gasteiger charge is -1.98. The summed E-state index contributed by atoms with van der Waals surface area (Å²) in [5.74, 6) is 0.947. The molecule has 2 aromatic carbocycles. The molecule has 0 unspecified atom stereocenters. The van der Waals surface area contributed by atoms with Gasteiger partial charge in [-0.15, -0.1) is 0 Å². The highest BCUT2D eigenvalue weighted by atomic mass is 16.5. The molecule has 110 valence electrons. The van der Waals surface area contributed by atoms with Crippen LogP contribution in [-0.4, -0.2) is 15.1 Å². The molecule has 0 aliphatic rings. The van der Waals surface area contributed by atoms with Crippen molar-refractivity contribution in [2.24, 2.45) is 0 Å². The fourth-order valence-electron chi connectivity index (χ4n) is 2.34. The van der Waals surface area contributed by atoms with Gasteiger partial charge in [0.1, 0.15) is 5.69 Å². The molecule has 0 atom stereocenters. The van der Waals surface area contributed by atoms with Crippen LogP contribution in [0.25, 0.3) is 34.4 Å². The summed E-state index contributed by atoms with van der Waals surface area (Å²) >= 11 is 0. The van der Waals surface area contributed by atoms with E-state index in [0.717, 1.165) is 16.3 Å². The maximum absolute atomic E-state index is 5.26. The van der Waals surface area contributed by atoms with Gasteiger partial charge >= 0.3 is 0 Å². The van der Waals surface area contributed by atoms with Crippen molar-refractivity contribution in [3.05, 3.63) is 78.3 Å². The van der Waals surface area contributed by atoms with Crippen LogP contribution in [0.3, 0.4) is 0 Å². The molecule has 0 amide bonds. The van der Waals surface area contributed by atoms with E-state index in [0.29, 0.717) is 17.4 Å². The van der Waals surface area contributed by atoms with E-state index in [2.05, 4.69) is 15.1 Å². The number of pyridine rings is 1. The molecule has 0 spiro atoms. The molecule has 0 bridgehead atoms. The van der Waals surface area contributed by atoms with E-state index in [1.165, 1.54) is 0 Å². The third-order valence-corrected chi connectivity index (χ3v) is 3.52. The van der Waals surface area contributed by atoms with Crippen LogP contribution >= 0.6 is 0 Å². The van der Waals surface area contributed by atoms with Crippen LogP contribution in [0.2, 0.25) is 0 Å². The van der Waals surface area contributed by atoms with E-state index in [1.54, 1.807) is 6.08 Å². The summed E-state index contributed by atoms with van der Waals surface area (Å²) in [6.07, 6.45) is 5.55. The van der Waals surface area contributed by atoms with Crippen LogP contribution in [0.5, 0.6) is 0 Å². The van der Waals surface area contributed by atoms with Crippen LogP contribution in [0.1, 0.15) is 11.5 Å². The van der Waals surface area contributed by atoms with Gasteiger partial charge in [0, 0.05) is 17.7 Å². The number of hydrogen-bond acceptors (Lipinski definition) is 4. The van der Waals surface area contributed by atoms with Gasteiger partial charge in [-0.25, -0.2) is 0 Å². The van der Waals surface area contributed by atoms with E-state index in [9.17, 15) is 0 Å². The Hall–Kier alpha value is -3.27. The number of rotatable bonds is 3. The van der Waals surface area contributed by atoms with Crippen molar-refractivity contribution in [3.8, 4) is 11.5 Å². The molecule has 0 aliphatic carbocycles. The van der Waals surface area contributed by atoms with Crippen molar-refractivity contribution < 1.29 is 4.52 Å². The Morgan fingerprint density at radius 3 is 2.48 bits per heavy atom. The summed E-state index contributed by atoms with van der Waals surface area (Å²) in [6.45, 7) is 0. The minimum Gasteiger partial charge on any atom is -0.334 e. The van der Waals surface area contributed by atoms with Gasteiger partial charge in [-0.05, 0) is 23.1 Å². The molecule has 4 nitrogen and oxygen atoms in total. The fraction of sp³-hybridized carbons (Fsp3) is 0. The number of nitrogens with zero attached hydrogens (tertiary/aromatic N) is 3. The largest absolute Gasteiger partial charge is 0.334 e. The summed E-state index contributed by atoms with van der Waals surface area (Å²) in [7, 11) is 0. The summed E-state index contributed by atoms with van der Waals surface area (Å²) in [5, 5.41) is 6.19. The average Bonchev–Trinajstić information content (AvgIpc) is 3.09. The van der Waals surface area contributed by atoms with Gasteiger partial charge in [-0.3, -0.25) is 4.98 Å². The lowest BCUT2D eigenvalue weighted by molar-refractivity contribution is 0.411. The highest BCUT2D eigenvalue weighted by Gasteiger charge is 2.08. The van der Waals surface area contributed by atoms with Crippen molar-refractivity contribution >= 4 is 22.9 Å². The minimum absolute atomic E-state index is 0.457. The number of aromatic nitrogens is 3. The quantitative estimate of drug-likeness (QED) is 0.560. The van der Waals surface area contributed by atoms with Crippen molar-refractivity contribution in [2.75, 3.05) is 0 Å². The van der Waals surface area contributed by atoms with Crippen LogP contribution < -0.4 is 0 Å². The molecule has 0 N–H and O–H groups in total. The average molecular weight is 299 g/mol. The minimum atomic E-state index is 0.457. The second-order valence-corrected chi connectivity index (χ2v) is 5.12. The molecule has 2 heterocycles. The van der Waals surface area contributed by atoms with Crippen molar-refractivity contribution in [2.45, 2.75) is 0 Å². The highest BCUT2D eigenvalue weighted by Crippen LogP contribution is 2.20. The summed E-state index contributed by atoms with van der Waals surface area (Å²) in [4.78, 5) is 8.77. The van der Waals surface area contributed by atoms with Gasteiger partial charge < -0.3 is 4.52 Å². The zero-order chi connectivity index (χ0) is 15.5. The molecule has 4 rings (SSSR count). The first-order valence-electron chi connectivity index (χ1n) is 7.30. The Balaban J connectivity index is 1.62. The van der Waals surface area contributed by atoms with Crippen LogP contribution in [0.15, 0.2) is 71.4 Å². The monoisotopic (exact) mass is 299 g/mol. The molecular weight excluding hydrogens is 286 g/mol. The first-order chi connectivity index (χ1) is 11.4. The Morgan fingerprint density at radius 2 is 1.61 bits per heavy atom. The van der Waals surface area contributed by atoms with Gasteiger partial charge in [0.25, 0.3) is 5.89 Å². The molecule has 4 aromatic rings. The molecule has 0 aliphatic heterocycles. The molecule has 0 saturated carbocycles. The third kappa shape index (κ3) is 2.87. The van der Waals surface area contributed by atoms with Crippen LogP contribution in [0.4, 0.5) is 0 Å². The van der Waals surface area contributed by atoms with Gasteiger partial charge in [-0.1, -0.05) is 59.8 Å². The lowest BCUT2D eigenvalue weighted by Crippen LogP contribution is -1.86. The Labute approximate surface area is 133 Å². The third-order valence-electron chi connectivity index (χ3n) is 3.52. The number of hydrogen-bond donors (Lipinski definition) is 0. The SMILES string of the molecule is C(=C\c1nc(-c2cc3ccccc3cn2)no1)/c1ccccc1. The molecule has 2 aromatic heterocycles. The molecule has 0 saturated heterocycles. The van der Waals surface area contributed by atoms with Crippen LogP contribution in [-0.2, 0) is 0 Å². The zero-order valence-electron chi connectivity index (χ0n) is 12.3. The summed E-state index contributed by atoms with van der Waals surface area (Å²) < 4.78 is 5.26. The fourth-order valence-corrected chi connectivity index (χ4v) is 2.34. The summed E-state index contributed by atoms with van der Waals surface area (Å²) in [5.41, 5.74) is 1.78. The van der Waals surface area contributed by atoms with E-state index in [4.69, 9.17) is 4.52 Å². The molecular formula is C19H13N3O. The smallest absolute Gasteiger partial charge is 0.251 e. The van der Waals surface area contributed by atoms with Gasteiger partial charge in [0.15, 0.2) is 0 Å². The van der Waals surface area contributed by atoms with E-state index >= 15 is 0 Å². The zero-order valence-corrected chi connectivity index (χ0v) is 12.3. The Kier molecular flexibility index (Phi) is 3.41. The lowest BCUT2D eigenvalue weighted by atomic mass is 10.1. The van der Waals surface area contributed by atoms with Crippen molar-refractivity contribution in [1.29, 1.82) is 0 Å². The maximum atomic E-state index is 5.26. The topological polar surface area (TPSA) is 51.8 Å². The highest BCUT2D eigenvalue weighted by molar-refractivity contribution is 5.84. The van der Waals surface area contributed by atoms with Gasteiger partial charge in [0.2, 0.25) is 5.82 Å². The Morgan fingerprint density at radius 1 is 0.826 bits per heavy atom. The maximum Gasteiger partial charge on any atom is 0.251 e. The second-order valence-electron chi connectivity index (χ2n) is 5.12. The molecule has 23 heavy (non-hydrogen) atoms. The van der Waals surface area contributed by atoms with Gasteiger partial charge in [-0.2, -0.15) is 4.98 Å². The summed E-state index contributed by atoms with van der Waals surface area (Å²) in [6, 6.07) is 20.0. The molecule has 0 radical (unpaired) electrons. The normalized spacial score (nSPS) is 11.3. The predicted octanol–water partition coefficient (Wildman–Crippen LogP) is 4.46. The standard InChI is InChI=1S/C19H13N3O/c1-2-6-14(7-3-1)10-11-18-21-19(22-23-18)17-12-15-8-4-5-9-16(15)13-20-17/h1-13H/b11-10+. The van der Waals surface area contributed by atoms with Crippen LogP contribution in [0, 0.1) is 0 Å². The molecule has 0 fully saturated rings. The number of fused-ring (bicyclic) bond motifs is 1. The van der Waals surface area contributed by atoms with Crippen molar-refractivity contribution in [1.82, 2.24) is 15.1 Å². The second kappa shape index (κ2) is 5.85. The van der Waals surface area contributed by atoms with E-state index < -0.39 is 0 Å². The van der Waals surface area contributed by atoms with Gasteiger partial charge in [0.05, 0.1) is 0 Å². The molecule has 4 heteroatoms. The van der Waals surface area contributed by atoms with E-state index in [1.807, 2.05) is 72.9 Å². The Bertz CT molecular complexity index is 974. The first kappa shape index (κ1) is 13.4. The number of benzene rings is 2. The van der Waals surface area contributed by atoms with E-state index in [-0.39, 0.29) is 0 Å². The predicted molar refractivity (Wildman–Crippen MR) is 90.4 cm³/mol.